The van der Waals surface area contributed by atoms with E-state index >= 15 is 0 Å². The van der Waals surface area contributed by atoms with Crippen molar-refractivity contribution in [1.29, 1.82) is 5.26 Å². The Balaban J connectivity index is 0.000000181. The Morgan fingerprint density at radius 1 is 1.07 bits per heavy atom. The molecule has 0 radical (unpaired) electrons. The third-order valence-electron chi connectivity index (χ3n) is 8.68. The summed E-state index contributed by atoms with van der Waals surface area (Å²) >= 11 is 13.7. The van der Waals surface area contributed by atoms with E-state index in [-0.39, 0.29) is 17.1 Å². The van der Waals surface area contributed by atoms with Crippen LogP contribution in [0.2, 0.25) is 10.0 Å². The van der Waals surface area contributed by atoms with Crippen molar-refractivity contribution in [2.75, 3.05) is 46.4 Å². The molecule has 0 N–H and O–H groups in total. The highest BCUT2D eigenvalue weighted by atomic mass is 35.5. The Labute approximate surface area is 262 Å². The van der Waals surface area contributed by atoms with Crippen molar-refractivity contribution in [2.45, 2.75) is 84.5 Å². The predicted octanol–water partition coefficient (Wildman–Crippen LogP) is 8.48. The largest absolute Gasteiger partial charge is 0.381 e. The van der Waals surface area contributed by atoms with Gasteiger partial charge in [0.2, 0.25) is 0 Å². The lowest BCUT2D eigenvalue weighted by Gasteiger charge is -2.38. The Bertz CT molecular complexity index is 1080. The van der Waals surface area contributed by atoms with Crippen LogP contribution in [0.1, 0.15) is 70.4 Å². The van der Waals surface area contributed by atoms with Crippen molar-refractivity contribution < 1.29 is 9.47 Å². The van der Waals surface area contributed by atoms with Crippen LogP contribution in [0.3, 0.4) is 0 Å². The molecule has 4 aliphatic heterocycles. The number of likely N-dealkylation sites (tertiary alicyclic amines) is 2. The number of ether oxygens (including phenoxy) is 2. The lowest BCUT2D eigenvalue weighted by atomic mass is 9.70. The first-order chi connectivity index (χ1) is 19.7. The zero-order chi connectivity index (χ0) is 29.9. The van der Waals surface area contributed by atoms with E-state index in [4.69, 9.17) is 32.7 Å². The average Bonchev–Trinajstić information content (AvgIpc) is 3.69. The third kappa shape index (κ3) is 9.93. The van der Waals surface area contributed by atoms with E-state index in [9.17, 15) is 5.26 Å². The lowest BCUT2D eigenvalue weighted by molar-refractivity contribution is -0.0684. The molecule has 1 aromatic carbocycles. The first-order valence-corrected chi connectivity index (χ1v) is 16.9. The van der Waals surface area contributed by atoms with Gasteiger partial charge in [0.1, 0.15) is 0 Å². The molecule has 1 unspecified atom stereocenters. The molecule has 228 valence electrons. The zero-order valence-corrected chi connectivity index (χ0v) is 28.0. The van der Waals surface area contributed by atoms with E-state index in [2.05, 4.69) is 53.6 Å². The van der Waals surface area contributed by atoms with Crippen LogP contribution in [0.15, 0.2) is 35.0 Å². The number of hydrogen-bond donors (Lipinski definition) is 0. The van der Waals surface area contributed by atoms with Gasteiger partial charge in [-0.3, -0.25) is 4.90 Å². The van der Waals surface area contributed by atoms with Crippen molar-refractivity contribution >= 4 is 34.5 Å². The molecular formula is C33H49Cl2N3O2S. The fourth-order valence-electron chi connectivity index (χ4n) is 6.25. The number of nitrogens with zero attached hydrogens (tertiary/aromatic N) is 3. The van der Waals surface area contributed by atoms with Gasteiger partial charge in [0, 0.05) is 54.9 Å². The second-order valence-corrected chi connectivity index (χ2v) is 13.6. The molecule has 4 saturated heterocycles. The molecule has 4 aliphatic rings. The van der Waals surface area contributed by atoms with Crippen LogP contribution in [0.25, 0.3) is 0 Å². The minimum Gasteiger partial charge on any atom is -0.381 e. The van der Waals surface area contributed by atoms with E-state index in [0.29, 0.717) is 5.02 Å². The molecule has 0 bridgehead atoms. The Hall–Kier alpha value is -1.17. The first-order valence-electron chi connectivity index (χ1n) is 15.2. The molecule has 5 heterocycles. The molecular weight excluding hydrogens is 573 g/mol. The van der Waals surface area contributed by atoms with Crippen molar-refractivity contribution in [3.8, 4) is 6.07 Å². The van der Waals surface area contributed by atoms with Gasteiger partial charge in [-0.2, -0.15) is 16.6 Å². The SMILES string of the molecule is CC.CN1CCC2(CC1)CC1(CCOCC1)C(C#N)O2.C[C@@H]1CCN(Cc2ccc(Cl)cc2Cl)C1.Cc1ccsc1. The van der Waals surface area contributed by atoms with Gasteiger partial charge in [-0.15, -0.1) is 0 Å². The molecule has 0 saturated carbocycles. The Kier molecular flexibility index (Phi) is 13.9. The molecule has 5 nitrogen and oxygen atoms in total. The zero-order valence-electron chi connectivity index (χ0n) is 25.6. The maximum atomic E-state index is 9.42. The number of rotatable bonds is 2. The summed E-state index contributed by atoms with van der Waals surface area (Å²) in [6, 6.07) is 10.3. The highest BCUT2D eigenvalue weighted by molar-refractivity contribution is 7.07. The standard InChI is InChI=1S/C14H22N2O2.C12H15Cl2N.C5H6S.C2H6/c1-16-6-2-14(3-7-16)11-13(12(10-15)18-14)4-8-17-9-5-13;1-9-4-5-15(7-9)8-10-2-3-11(13)6-12(10)14;1-5-2-3-6-4-5;1-2/h12H,2-9,11H2,1H3;2-3,6,9H,4-5,7-8H2,1H3;2-4H,1H3;1-2H3/t;9-;;/m.1../s1. The molecule has 4 fully saturated rings. The summed E-state index contributed by atoms with van der Waals surface area (Å²) in [7, 11) is 2.16. The summed E-state index contributed by atoms with van der Waals surface area (Å²) in [5.74, 6) is 0.816. The van der Waals surface area contributed by atoms with Gasteiger partial charge in [-0.05, 0) is 105 Å². The number of aryl methyl sites for hydroxylation is 1. The van der Waals surface area contributed by atoms with Crippen LogP contribution < -0.4 is 0 Å². The number of nitriles is 1. The predicted molar refractivity (Wildman–Crippen MR) is 173 cm³/mol. The second-order valence-electron chi connectivity index (χ2n) is 11.9. The van der Waals surface area contributed by atoms with E-state index in [1.54, 1.807) is 11.3 Å². The topological polar surface area (TPSA) is 48.7 Å². The molecule has 6 rings (SSSR count). The van der Waals surface area contributed by atoms with Crippen LogP contribution in [0.4, 0.5) is 0 Å². The van der Waals surface area contributed by atoms with E-state index in [1.807, 2.05) is 32.0 Å². The summed E-state index contributed by atoms with van der Waals surface area (Å²) in [4.78, 5) is 4.80. The van der Waals surface area contributed by atoms with Gasteiger partial charge in [-0.25, -0.2) is 0 Å². The van der Waals surface area contributed by atoms with Gasteiger partial charge < -0.3 is 14.4 Å². The molecule has 2 spiro atoms. The maximum absolute atomic E-state index is 9.42. The molecule has 2 atom stereocenters. The smallest absolute Gasteiger partial charge is 0.150 e. The summed E-state index contributed by atoms with van der Waals surface area (Å²) in [6.45, 7) is 15.4. The fourth-order valence-corrected chi connectivity index (χ4v) is 7.38. The van der Waals surface area contributed by atoms with Crippen molar-refractivity contribution in [2.24, 2.45) is 11.3 Å². The maximum Gasteiger partial charge on any atom is 0.150 e. The highest BCUT2D eigenvalue weighted by Crippen LogP contribution is 2.53. The van der Waals surface area contributed by atoms with Crippen LogP contribution in [-0.4, -0.2) is 67.9 Å². The highest BCUT2D eigenvalue weighted by Gasteiger charge is 2.56. The number of benzene rings is 1. The Morgan fingerprint density at radius 2 is 1.78 bits per heavy atom. The van der Waals surface area contributed by atoms with Gasteiger partial charge in [0.15, 0.2) is 6.10 Å². The van der Waals surface area contributed by atoms with Gasteiger partial charge >= 0.3 is 0 Å². The second kappa shape index (κ2) is 16.6. The molecule has 41 heavy (non-hydrogen) atoms. The summed E-state index contributed by atoms with van der Waals surface area (Å²) in [5, 5.41) is 15.1. The number of thiophene rings is 1. The first kappa shape index (κ1) is 34.3. The Morgan fingerprint density at radius 3 is 2.29 bits per heavy atom. The molecule has 0 aliphatic carbocycles. The summed E-state index contributed by atoms with van der Waals surface area (Å²) < 4.78 is 11.7. The molecule has 0 amide bonds. The van der Waals surface area contributed by atoms with E-state index < -0.39 is 0 Å². The van der Waals surface area contributed by atoms with Gasteiger partial charge in [0.25, 0.3) is 0 Å². The summed E-state index contributed by atoms with van der Waals surface area (Å²) in [5.41, 5.74) is 2.59. The van der Waals surface area contributed by atoms with Crippen LogP contribution >= 0.6 is 34.5 Å². The average molecular weight is 623 g/mol. The molecule has 8 heteroatoms. The minimum atomic E-state index is -0.218. The van der Waals surface area contributed by atoms with Crippen molar-refractivity contribution in [3.63, 3.8) is 0 Å². The van der Waals surface area contributed by atoms with E-state index in [0.717, 1.165) is 75.9 Å². The van der Waals surface area contributed by atoms with E-state index in [1.165, 1.54) is 30.6 Å². The van der Waals surface area contributed by atoms with Crippen LogP contribution in [-0.2, 0) is 16.0 Å². The van der Waals surface area contributed by atoms with Gasteiger partial charge in [0.05, 0.1) is 11.7 Å². The third-order valence-corrected chi connectivity index (χ3v) is 10.1. The monoisotopic (exact) mass is 621 g/mol. The number of halogens is 2. The van der Waals surface area contributed by atoms with Crippen molar-refractivity contribution in [3.05, 3.63) is 56.2 Å². The quantitative estimate of drug-likeness (QED) is 0.336. The lowest BCUT2D eigenvalue weighted by Crippen LogP contribution is -2.43. The van der Waals surface area contributed by atoms with Crippen LogP contribution in [0.5, 0.6) is 0 Å². The van der Waals surface area contributed by atoms with Crippen molar-refractivity contribution in [1.82, 2.24) is 9.80 Å². The van der Waals surface area contributed by atoms with Gasteiger partial charge in [-0.1, -0.05) is 50.0 Å². The summed E-state index contributed by atoms with van der Waals surface area (Å²) in [6.07, 6.45) is 6.27. The number of piperidine rings is 1. The van der Waals surface area contributed by atoms with Crippen LogP contribution in [0, 0.1) is 29.6 Å². The molecule has 1 aromatic heterocycles. The normalized spacial score (nSPS) is 24.8. The molecule has 2 aromatic rings. The number of hydrogen-bond acceptors (Lipinski definition) is 6. The fraction of sp³-hybridized carbons (Fsp3) is 0.667. The minimum absolute atomic E-state index is 0.0236.